The first-order valence-corrected chi connectivity index (χ1v) is 5.75. The summed E-state index contributed by atoms with van der Waals surface area (Å²) in [5, 5.41) is 0.146. The number of benzene rings is 1. The van der Waals surface area contributed by atoms with Crippen LogP contribution in [0.5, 0.6) is 0 Å². The summed E-state index contributed by atoms with van der Waals surface area (Å²) in [6, 6.07) is 4.97. The van der Waals surface area contributed by atoms with Crippen molar-refractivity contribution in [1.29, 1.82) is 0 Å². The van der Waals surface area contributed by atoms with Gasteiger partial charge in [0.15, 0.2) is 0 Å². The number of rotatable bonds is 3. The molecule has 0 spiro atoms. The van der Waals surface area contributed by atoms with Crippen molar-refractivity contribution in [3.05, 3.63) is 34.3 Å². The Labute approximate surface area is 98.6 Å². The lowest BCUT2D eigenvalue weighted by Gasteiger charge is -2.42. The van der Waals surface area contributed by atoms with Gasteiger partial charge < -0.3 is 5.73 Å². The van der Waals surface area contributed by atoms with Gasteiger partial charge in [-0.25, -0.2) is 8.78 Å². The smallest absolute Gasteiger partial charge is 0.265 e. The summed E-state index contributed by atoms with van der Waals surface area (Å²) in [5.41, 5.74) is 6.07. The molecule has 1 fully saturated rings. The molecule has 1 nitrogen and oxygen atoms in total. The zero-order valence-electron chi connectivity index (χ0n) is 8.85. The maximum atomic E-state index is 13.0. The van der Waals surface area contributed by atoms with Gasteiger partial charge in [0, 0.05) is 22.5 Å². The fourth-order valence-corrected chi connectivity index (χ4v) is 2.67. The SMILES string of the molecule is NCC1(c2cccc(Cl)c2C(F)F)CCC1. The maximum Gasteiger partial charge on any atom is 0.265 e. The minimum atomic E-state index is -2.53. The molecule has 0 amide bonds. The summed E-state index contributed by atoms with van der Waals surface area (Å²) in [4.78, 5) is 0. The molecule has 0 unspecified atom stereocenters. The molecule has 0 saturated heterocycles. The van der Waals surface area contributed by atoms with Crippen molar-refractivity contribution in [2.24, 2.45) is 5.73 Å². The quantitative estimate of drug-likeness (QED) is 0.864. The largest absolute Gasteiger partial charge is 0.330 e. The Morgan fingerprint density at radius 3 is 2.50 bits per heavy atom. The Balaban J connectivity index is 2.51. The van der Waals surface area contributed by atoms with E-state index >= 15 is 0 Å². The second kappa shape index (κ2) is 4.30. The predicted octanol–water partition coefficient (Wildman–Crippen LogP) is 3.66. The molecule has 16 heavy (non-hydrogen) atoms. The van der Waals surface area contributed by atoms with E-state index in [-0.39, 0.29) is 16.0 Å². The van der Waals surface area contributed by atoms with Gasteiger partial charge in [-0.1, -0.05) is 30.2 Å². The molecule has 1 aliphatic carbocycles. The van der Waals surface area contributed by atoms with Crippen LogP contribution < -0.4 is 5.73 Å². The molecule has 0 aliphatic heterocycles. The lowest BCUT2D eigenvalue weighted by molar-refractivity contribution is 0.144. The van der Waals surface area contributed by atoms with Crippen LogP contribution in [0.1, 0.15) is 36.8 Å². The van der Waals surface area contributed by atoms with Gasteiger partial charge in [-0.2, -0.15) is 0 Å². The average molecular weight is 246 g/mol. The molecular formula is C12H14ClF2N. The molecule has 1 saturated carbocycles. The number of alkyl halides is 2. The number of hydrogen-bond donors (Lipinski definition) is 1. The third-order valence-electron chi connectivity index (χ3n) is 3.54. The van der Waals surface area contributed by atoms with Gasteiger partial charge in [0.2, 0.25) is 0 Å². The van der Waals surface area contributed by atoms with Crippen molar-refractivity contribution in [3.63, 3.8) is 0 Å². The van der Waals surface area contributed by atoms with Crippen molar-refractivity contribution in [2.45, 2.75) is 31.1 Å². The fourth-order valence-electron chi connectivity index (χ4n) is 2.41. The molecule has 88 valence electrons. The minimum absolute atomic E-state index is 0.0330. The van der Waals surface area contributed by atoms with Crippen molar-refractivity contribution in [2.75, 3.05) is 6.54 Å². The van der Waals surface area contributed by atoms with E-state index < -0.39 is 6.43 Å². The van der Waals surface area contributed by atoms with E-state index in [1.807, 2.05) is 0 Å². The summed E-state index contributed by atoms with van der Waals surface area (Å²) in [5.74, 6) is 0. The summed E-state index contributed by atoms with van der Waals surface area (Å²) in [6.45, 7) is 0.410. The molecule has 2 N–H and O–H groups in total. The molecule has 4 heteroatoms. The van der Waals surface area contributed by atoms with Crippen LogP contribution in [0.15, 0.2) is 18.2 Å². The minimum Gasteiger partial charge on any atom is -0.330 e. The summed E-state index contributed by atoms with van der Waals surface area (Å²) < 4.78 is 26.0. The van der Waals surface area contributed by atoms with Crippen LogP contribution in [0.25, 0.3) is 0 Å². The van der Waals surface area contributed by atoms with E-state index in [0.29, 0.717) is 12.1 Å². The van der Waals surface area contributed by atoms with Crippen LogP contribution in [0.3, 0.4) is 0 Å². The Hall–Kier alpha value is -0.670. The van der Waals surface area contributed by atoms with Crippen LogP contribution in [0.2, 0.25) is 5.02 Å². The molecule has 0 radical (unpaired) electrons. The van der Waals surface area contributed by atoms with Gasteiger partial charge in [0.1, 0.15) is 0 Å². The highest BCUT2D eigenvalue weighted by atomic mass is 35.5. The predicted molar refractivity (Wildman–Crippen MR) is 61.0 cm³/mol. The van der Waals surface area contributed by atoms with E-state index in [4.69, 9.17) is 17.3 Å². The summed E-state index contributed by atoms with van der Waals surface area (Å²) in [7, 11) is 0. The molecule has 1 aromatic rings. The van der Waals surface area contributed by atoms with Gasteiger partial charge in [0.05, 0.1) is 0 Å². The van der Waals surface area contributed by atoms with Crippen molar-refractivity contribution in [1.82, 2.24) is 0 Å². The second-order valence-corrected chi connectivity index (χ2v) is 4.75. The molecule has 0 atom stereocenters. The third kappa shape index (κ3) is 1.72. The normalized spacial score (nSPS) is 18.6. The highest BCUT2D eigenvalue weighted by molar-refractivity contribution is 6.31. The Bertz CT molecular complexity index is 383. The standard InChI is InChI=1S/C12H14ClF2N/c13-9-4-1-3-8(10(9)11(14)15)12(7-16)5-2-6-12/h1,3-4,11H,2,5-7,16H2. The average Bonchev–Trinajstić information content (AvgIpc) is 2.16. The van der Waals surface area contributed by atoms with E-state index in [0.717, 1.165) is 19.3 Å². The molecule has 1 aliphatic rings. The lowest BCUT2D eigenvalue weighted by Crippen LogP contribution is -2.42. The van der Waals surface area contributed by atoms with Gasteiger partial charge in [-0.3, -0.25) is 0 Å². The first-order chi connectivity index (χ1) is 7.60. The number of nitrogens with two attached hydrogens (primary N) is 1. The summed E-state index contributed by atoms with van der Waals surface area (Å²) in [6.07, 6.45) is 0.271. The van der Waals surface area contributed by atoms with Crippen molar-refractivity contribution in [3.8, 4) is 0 Å². The zero-order chi connectivity index (χ0) is 11.8. The third-order valence-corrected chi connectivity index (χ3v) is 3.87. The monoisotopic (exact) mass is 245 g/mol. The van der Waals surface area contributed by atoms with Crippen LogP contribution in [0.4, 0.5) is 8.78 Å². The molecule has 0 bridgehead atoms. The molecule has 2 rings (SSSR count). The maximum absolute atomic E-state index is 13.0. The molecule has 0 aromatic heterocycles. The van der Waals surface area contributed by atoms with E-state index in [1.165, 1.54) is 6.07 Å². The topological polar surface area (TPSA) is 26.0 Å². The van der Waals surface area contributed by atoms with E-state index in [1.54, 1.807) is 12.1 Å². The van der Waals surface area contributed by atoms with Gasteiger partial charge in [0.25, 0.3) is 6.43 Å². The zero-order valence-corrected chi connectivity index (χ0v) is 9.61. The molecule has 0 heterocycles. The summed E-state index contributed by atoms with van der Waals surface area (Å²) >= 11 is 5.85. The Morgan fingerprint density at radius 1 is 1.38 bits per heavy atom. The highest BCUT2D eigenvalue weighted by Crippen LogP contribution is 2.47. The second-order valence-electron chi connectivity index (χ2n) is 4.34. The Kier molecular flexibility index (Phi) is 3.17. The Morgan fingerprint density at radius 2 is 2.06 bits per heavy atom. The van der Waals surface area contributed by atoms with Gasteiger partial charge in [-0.15, -0.1) is 0 Å². The fraction of sp³-hybridized carbons (Fsp3) is 0.500. The van der Waals surface area contributed by atoms with E-state index in [9.17, 15) is 8.78 Å². The number of hydrogen-bond acceptors (Lipinski definition) is 1. The van der Waals surface area contributed by atoms with Gasteiger partial charge >= 0.3 is 0 Å². The highest BCUT2D eigenvalue weighted by Gasteiger charge is 2.40. The molecule has 1 aromatic carbocycles. The van der Waals surface area contributed by atoms with Crippen LogP contribution in [-0.4, -0.2) is 6.54 Å². The van der Waals surface area contributed by atoms with Crippen molar-refractivity contribution >= 4 is 11.6 Å². The van der Waals surface area contributed by atoms with Gasteiger partial charge in [-0.05, 0) is 24.5 Å². The lowest BCUT2D eigenvalue weighted by atomic mass is 9.63. The van der Waals surface area contributed by atoms with E-state index in [2.05, 4.69) is 0 Å². The van der Waals surface area contributed by atoms with Crippen LogP contribution >= 0.6 is 11.6 Å². The van der Waals surface area contributed by atoms with Crippen LogP contribution in [-0.2, 0) is 5.41 Å². The van der Waals surface area contributed by atoms with Crippen LogP contribution in [0, 0.1) is 0 Å². The van der Waals surface area contributed by atoms with Crippen molar-refractivity contribution < 1.29 is 8.78 Å². The first kappa shape index (κ1) is 11.8. The first-order valence-electron chi connectivity index (χ1n) is 5.38. The molecular weight excluding hydrogens is 232 g/mol. The number of halogens is 3.